The maximum Gasteiger partial charge on any atom is 0.347 e. The lowest BCUT2D eigenvalue weighted by atomic mass is 10.0. The highest BCUT2D eigenvalue weighted by Crippen LogP contribution is 2.35. The van der Waals surface area contributed by atoms with E-state index in [0.717, 1.165) is 28.2 Å². The zero-order valence-electron chi connectivity index (χ0n) is 17.9. The number of anilines is 1. The Kier molecular flexibility index (Phi) is 11.1. The number of thioether (sulfide) groups is 1. The fraction of sp³-hybridized carbons (Fsp3) is 0.600. The van der Waals surface area contributed by atoms with Gasteiger partial charge in [0.2, 0.25) is 6.41 Å². The maximum atomic E-state index is 12.7. The molecular formula is C20H30N2O6S2. The summed E-state index contributed by atoms with van der Waals surface area (Å²) in [4.78, 5) is 49.7. The van der Waals surface area contributed by atoms with Crippen molar-refractivity contribution in [3.8, 4) is 0 Å². The molecule has 0 bridgehead atoms. The Labute approximate surface area is 185 Å². The van der Waals surface area contributed by atoms with Crippen LogP contribution in [0.2, 0.25) is 0 Å². The van der Waals surface area contributed by atoms with Crippen LogP contribution in [-0.4, -0.2) is 48.1 Å². The van der Waals surface area contributed by atoms with Gasteiger partial charge in [-0.05, 0) is 45.2 Å². The monoisotopic (exact) mass is 458 g/mol. The molecule has 1 aromatic heterocycles. The number of hydrogen-bond donors (Lipinski definition) is 1. The van der Waals surface area contributed by atoms with Gasteiger partial charge in [0.25, 0.3) is 0 Å². The van der Waals surface area contributed by atoms with Crippen molar-refractivity contribution in [3.05, 3.63) is 16.5 Å². The van der Waals surface area contributed by atoms with Gasteiger partial charge in [-0.3, -0.25) is 25.0 Å². The van der Waals surface area contributed by atoms with E-state index in [1.165, 1.54) is 30.0 Å². The van der Waals surface area contributed by atoms with E-state index < -0.39 is 17.6 Å². The molecule has 10 heteroatoms. The second kappa shape index (κ2) is 12.7. The molecule has 2 N–H and O–H groups in total. The third-order valence-electron chi connectivity index (χ3n) is 4.21. The van der Waals surface area contributed by atoms with Gasteiger partial charge >= 0.3 is 11.9 Å². The quantitative estimate of drug-likeness (QED) is 0.208. The number of nitrogens with two attached hydrogens (primary N) is 1. The van der Waals surface area contributed by atoms with E-state index in [2.05, 4.69) is 0 Å². The van der Waals surface area contributed by atoms with Crippen LogP contribution in [0, 0.1) is 6.92 Å². The minimum absolute atomic E-state index is 0.0779. The normalized spacial score (nSPS) is 12.7. The number of ether oxygens (including phenoxy) is 2. The third-order valence-corrected chi connectivity index (χ3v) is 6.41. The first-order valence-electron chi connectivity index (χ1n) is 9.78. The molecule has 1 rings (SSSR count). The Hall–Kier alpha value is -1.91. The van der Waals surface area contributed by atoms with Gasteiger partial charge in [0.05, 0.1) is 13.2 Å². The van der Waals surface area contributed by atoms with Crippen LogP contribution < -0.4 is 10.6 Å². The number of thiophene rings is 1. The summed E-state index contributed by atoms with van der Waals surface area (Å²) in [6.07, 6.45) is 1.77. The van der Waals surface area contributed by atoms with Crippen molar-refractivity contribution in [3.63, 3.8) is 0 Å². The molecular weight excluding hydrogens is 428 g/mol. The fourth-order valence-electron chi connectivity index (χ4n) is 2.79. The summed E-state index contributed by atoms with van der Waals surface area (Å²) in [6, 6.07) is 1.94. The van der Waals surface area contributed by atoms with Gasteiger partial charge in [-0.2, -0.15) is 0 Å². The zero-order chi connectivity index (χ0) is 22.7. The summed E-state index contributed by atoms with van der Waals surface area (Å²) in [7, 11) is 0. The van der Waals surface area contributed by atoms with Gasteiger partial charge in [-0.1, -0.05) is 11.8 Å². The lowest BCUT2D eigenvalue weighted by Gasteiger charge is -2.35. The molecule has 0 saturated heterocycles. The van der Waals surface area contributed by atoms with Crippen LogP contribution in [0.15, 0.2) is 6.07 Å². The highest BCUT2D eigenvalue weighted by atomic mass is 32.2. The van der Waals surface area contributed by atoms with Crippen LogP contribution in [0.4, 0.5) is 5.00 Å². The Bertz CT molecular complexity index is 752. The third kappa shape index (κ3) is 7.41. The number of carbonyl (C=O) groups excluding carboxylic acids is 4. The number of aryl methyl sites for hydroxylation is 2. The Morgan fingerprint density at radius 3 is 2.50 bits per heavy atom. The first-order valence-corrected chi connectivity index (χ1v) is 11.6. The van der Waals surface area contributed by atoms with Crippen LogP contribution >= 0.6 is 23.1 Å². The van der Waals surface area contributed by atoms with Crippen LogP contribution in [0.5, 0.6) is 0 Å². The van der Waals surface area contributed by atoms with E-state index in [1.54, 1.807) is 13.8 Å². The molecule has 1 aromatic rings. The molecule has 168 valence electrons. The van der Waals surface area contributed by atoms with E-state index in [-0.39, 0.29) is 31.2 Å². The minimum Gasteiger partial charge on any atom is -0.466 e. The van der Waals surface area contributed by atoms with E-state index in [9.17, 15) is 19.2 Å². The summed E-state index contributed by atoms with van der Waals surface area (Å²) in [5, 5.41) is 0.604. The van der Waals surface area contributed by atoms with Crippen molar-refractivity contribution in [1.82, 2.24) is 0 Å². The summed E-state index contributed by atoms with van der Waals surface area (Å²) in [5.41, 5.74) is 5.33. The molecule has 0 fully saturated rings. The molecule has 1 amide bonds. The number of esters is 2. The predicted molar refractivity (Wildman–Crippen MR) is 118 cm³/mol. The summed E-state index contributed by atoms with van der Waals surface area (Å²) < 4.78 is 10.0. The van der Waals surface area contributed by atoms with Crippen molar-refractivity contribution >= 4 is 51.6 Å². The van der Waals surface area contributed by atoms with Crippen molar-refractivity contribution < 1.29 is 28.7 Å². The van der Waals surface area contributed by atoms with Crippen molar-refractivity contribution in [2.45, 2.75) is 59.0 Å². The van der Waals surface area contributed by atoms with Crippen molar-refractivity contribution in [1.29, 1.82) is 0 Å². The molecule has 0 unspecified atom stereocenters. The molecule has 0 radical (unpaired) electrons. The SMILES string of the molecule is CCOC(=O)CC[C@](N)(C(=O)OCC)N(C=O)c1sc(CCCSC(C)=O)cc1C. The van der Waals surface area contributed by atoms with Gasteiger partial charge in [0.15, 0.2) is 10.8 Å². The molecule has 8 nitrogen and oxygen atoms in total. The zero-order valence-corrected chi connectivity index (χ0v) is 19.5. The average Bonchev–Trinajstić information content (AvgIpc) is 3.04. The Balaban J connectivity index is 3.09. The second-order valence-electron chi connectivity index (χ2n) is 6.57. The molecule has 0 aromatic carbocycles. The molecule has 30 heavy (non-hydrogen) atoms. The smallest absolute Gasteiger partial charge is 0.347 e. The van der Waals surface area contributed by atoms with Gasteiger partial charge in [0.1, 0.15) is 5.00 Å². The van der Waals surface area contributed by atoms with E-state index >= 15 is 0 Å². The first kappa shape index (κ1) is 26.1. The molecule has 0 saturated carbocycles. The summed E-state index contributed by atoms with van der Waals surface area (Å²) in [6.45, 7) is 6.99. The number of amides is 1. The molecule has 0 spiro atoms. The number of carbonyl (C=O) groups is 4. The Morgan fingerprint density at radius 1 is 1.27 bits per heavy atom. The first-order chi connectivity index (χ1) is 14.2. The van der Waals surface area contributed by atoms with Gasteiger partial charge in [-0.25, -0.2) is 4.79 Å². The number of rotatable bonds is 13. The minimum atomic E-state index is -1.83. The standard InChI is InChI=1S/C20H30N2O6S2/c1-5-27-17(25)9-10-20(21,19(26)28-6-2)22(13-23)18-14(3)12-16(30-18)8-7-11-29-15(4)24/h12-13H,5-11,21H2,1-4H3/t20-/m1/s1. The number of hydrogen-bond acceptors (Lipinski definition) is 9. The molecule has 1 atom stereocenters. The highest BCUT2D eigenvalue weighted by Gasteiger charge is 2.44. The topological polar surface area (TPSA) is 116 Å². The number of nitrogens with zero attached hydrogens (tertiary/aromatic N) is 1. The van der Waals surface area contributed by atoms with Crippen LogP contribution in [0.25, 0.3) is 0 Å². The van der Waals surface area contributed by atoms with Crippen molar-refractivity contribution in [2.75, 3.05) is 23.9 Å². The molecule has 0 aliphatic rings. The molecule has 0 aliphatic heterocycles. The van der Waals surface area contributed by atoms with Gasteiger partial charge in [-0.15, -0.1) is 11.3 Å². The lowest BCUT2D eigenvalue weighted by molar-refractivity contribution is -0.151. The summed E-state index contributed by atoms with van der Waals surface area (Å²) >= 11 is 2.63. The molecule has 0 aliphatic carbocycles. The average molecular weight is 459 g/mol. The van der Waals surface area contributed by atoms with E-state index in [4.69, 9.17) is 15.2 Å². The van der Waals surface area contributed by atoms with Crippen LogP contribution in [-0.2, 0) is 35.1 Å². The largest absolute Gasteiger partial charge is 0.466 e. The van der Waals surface area contributed by atoms with Crippen LogP contribution in [0.3, 0.4) is 0 Å². The van der Waals surface area contributed by atoms with E-state index in [0.29, 0.717) is 17.2 Å². The van der Waals surface area contributed by atoms with Crippen LogP contribution in [0.1, 0.15) is 50.5 Å². The fourth-order valence-corrected chi connectivity index (χ4v) is 4.62. The second-order valence-corrected chi connectivity index (χ2v) is 8.96. The van der Waals surface area contributed by atoms with Gasteiger partial charge in [0, 0.05) is 30.4 Å². The van der Waals surface area contributed by atoms with E-state index in [1.807, 2.05) is 13.0 Å². The molecule has 1 heterocycles. The lowest BCUT2D eigenvalue weighted by Crippen LogP contribution is -2.62. The maximum absolute atomic E-state index is 12.7. The highest BCUT2D eigenvalue weighted by molar-refractivity contribution is 8.13. The summed E-state index contributed by atoms with van der Waals surface area (Å²) in [5.74, 6) is -0.579. The van der Waals surface area contributed by atoms with Crippen molar-refractivity contribution in [2.24, 2.45) is 5.73 Å². The predicted octanol–water partition coefficient (Wildman–Crippen LogP) is 2.79. The van der Waals surface area contributed by atoms with Gasteiger partial charge < -0.3 is 9.47 Å². The Morgan fingerprint density at radius 2 is 1.93 bits per heavy atom.